The zero-order valence-electron chi connectivity index (χ0n) is 10.2. The maximum absolute atomic E-state index is 12.0. The van der Waals surface area contributed by atoms with Crippen molar-refractivity contribution in [1.82, 2.24) is 4.90 Å². The van der Waals surface area contributed by atoms with Crippen molar-refractivity contribution >= 4 is 5.91 Å². The Kier molecular flexibility index (Phi) is 3.73. The molecule has 1 amide bonds. The number of hydrogen-bond donors (Lipinski definition) is 0. The molecule has 0 bridgehead atoms. The molecule has 0 unspecified atom stereocenters. The molecular weight excluding hydrogens is 194 g/mol. The molecule has 4 nitrogen and oxygen atoms in total. The molecule has 1 aliphatic rings. The van der Waals surface area contributed by atoms with Crippen LogP contribution in [0.15, 0.2) is 0 Å². The van der Waals surface area contributed by atoms with Crippen LogP contribution in [0.4, 0.5) is 0 Å². The highest BCUT2D eigenvalue weighted by atomic mass is 16.5. The summed E-state index contributed by atoms with van der Waals surface area (Å²) in [4.78, 5) is 13.8. The lowest BCUT2D eigenvalue weighted by atomic mass is 9.95. The molecule has 4 heteroatoms. The summed E-state index contributed by atoms with van der Waals surface area (Å²) < 4.78 is 10.6. The van der Waals surface area contributed by atoms with Gasteiger partial charge in [0.05, 0.1) is 0 Å². The van der Waals surface area contributed by atoms with E-state index in [-0.39, 0.29) is 23.5 Å². The molecule has 1 heterocycles. The Morgan fingerprint density at radius 1 is 1.13 bits per heavy atom. The number of amides is 1. The molecule has 1 saturated heterocycles. The molecule has 0 saturated carbocycles. The Balaban J connectivity index is 2.65. The Morgan fingerprint density at radius 3 is 1.80 bits per heavy atom. The second-order valence-corrected chi connectivity index (χ2v) is 5.01. The first-order chi connectivity index (χ1) is 6.90. The third kappa shape index (κ3) is 2.69. The van der Waals surface area contributed by atoms with Crippen LogP contribution in [0.1, 0.15) is 20.8 Å². The number of carbonyl (C=O) groups excluding carboxylic acids is 1. The van der Waals surface area contributed by atoms with Gasteiger partial charge in [-0.2, -0.15) is 0 Å². The number of carbonyl (C=O) groups is 1. The maximum atomic E-state index is 12.0. The Hall–Kier alpha value is -0.610. The molecule has 2 atom stereocenters. The molecule has 0 aromatic heterocycles. The van der Waals surface area contributed by atoms with Gasteiger partial charge in [-0.15, -0.1) is 0 Å². The van der Waals surface area contributed by atoms with Gasteiger partial charge in [0, 0.05) is 32.7 Å². The summed E-state index contributed by atoms with van der Waals surface area (Å²) in [6, 6.07) is 0. The van der Waals surface area contributed by atoms with Gasteiger partial charge in [-0.1, -0.05) is 20.8 Å². The standard InChI is InChI=1S/C11H21NO3/c1-11(2,3)10(13)12-6-8(14-4)9(7-12)15-5/h8-9H,6-7H2,1-5H3/t8-,9+. The van der Waals surface area contributed by atoms with Gasteiger partial charge in [0.2, 0.25) is 5.91 Å². The number of likely N-dealkylation sites (tertiary alicyclic amines) is 1. The fraction of sp³-hybridized carbons (Fsp3) is 0.909. The van der Waals surface area contributed by atoms with Crippen LogP contribution in [0.2, 0.25) is 0 Å². The normalized spacial score (nSPS) is 27.1. The molecule has 0 aromatic carbocycles. The SMILES string of the molecule is CO[C@H]1CN(C(=O)C(C)(C)C)C[C@H]1OC. The molecule has 0 N–H and O–H groups in total. The quantitative estimate of drug-likeness (QED) is 0.687. The maximum Gasteiger partial charge on any atom is 0.228 e. The average Bonchev–Trinajstić information content (AvgIpc) is 2.57. The van der Waals surface area contributed by atoms with Crippen molar-refractivity contribution in [2.24, 2.45) is 5.41 Å². The van der Waals surface area contributed by atoms with Crippen LogP contribution in [-0.4, -0.2) is 50.3 Å². The van der Waals surface area contributed by atoms with E-state index in [2.05, 4.69) is 0 Å². The van der Waals surface area contributed by atoms with E-state index in [1.807, 2.05) is 25.7 Å². The Bertz CT molecular complexity index is 222. The predicted molar refractivity (Wildman–Crippen MR) is 57.6 cm³/mol. The van der Waals surface area contributed by atoms with Crippen molar-refractivity contribution in [2.45, 2.75) is 33.0 Å². The van der Waals surface area contributed by atoms with Gasteiger partial charge in [0.1, 0.15) is 12.2 Å². The van der Waals surface area contributed by atoms with Gasteiger partial charge in [0.25, 0.3) is 0 Å². The second-order valence-electron chi connectivity index (χ2n) is 5.01. The van der Waals surface area contributed by atoms with Crippen molar-refractivity contribution in [1.29, 1.82) is 0 Å². The number of hydrogen-bond acceptors (Lipinski definition) is 3. The highest BCUT2D eigenvalue weighted by Crippen LogP contribution is 2.23. The molecular formula is C11H21NO3. The molecule has 1 rings (SSSR count). The van der Waals surface area contributed by atoms with Crippen molar-refractivity contribution in [3.05, 3.63) is 0 Å². The lowest BCUT2D eigenvalue weighted by molar-refractivity contribution is -0.138. The van der Waals surface area contributed by atoms with E-state index in [0.29, 0.717) is 13.1 Å². The summed E-state index contributed by atoms with van der Waals surface area (Å²) in [6.45, 7) is 7.04. The lowest BCUT2D eigenvalue weighted by Gasteiger charge is -2.25. The molecule has 0 radical (unpaired) electrons. The van der Waals surface area contributed by atoms with E-state index in [1.165, 1.54) is 0 Å². The first kappa shape index (κ1) is 12.5. The van der Waals surface area contributed by atoms with Crippen molar-refractivity contribution in [3.8, 4) is 0 Å². The summed E-state index contributed by atoms with van der Waals surface area (Å²) in [6.07, 6.45) is 0.00241. The molecule has 0 aliphatic carbocycles. The van der Waals surface area contributed by atoms with Crippen molar-refractivity contribution in [2.75, 3.05) is 27.3 Å². The van der Waals surface area contributed by atoms with Gasteiger partial charge in [-0.3, -0.25) is 4.79 Å². The van der Waals surface area contributed by atoms with E-state index in [9.17, 15) is 4.79 Å². The van der Waals surface area contributed by atoms with Crippen LogP contribution < -0.4 is 0 Å². The minimum Gasteiger partial charge on any atom is -0.377 e. The highest BCUT2D eigenvalue weighted by molar-refractivity contribution is 5.81. The Morgan fingerprint density at radius 2 is 1.53 bits per heavy atom. The minimum atomic E-state index is -0.332. The van der Waals surface area contributed by atoms with E-state index in [1.54, 1.807) is 14.2 Å². The van der Waals surface area contributed by atoms with Crippen LogP contribution >= 0.6 is 0 Å². The zero-order valence-corrected chi connectivity index (χ0v) is 10.2. The minimum absolute atomic E-state index is 0.00120. The number of methoxy groups -OCH3 is 2. The third-order valence-electron chi connectivity index (χ3n) is 2.75. The predicted octanol–water partition coefficient (Wildman–Crippen LogP) is 0.905. The van der Waals surface area contributed by atoms with Crippen LogP contribution in [0.3, 0.4) is 0 Å². The monoisotopic (exact) mass is 215 g/mol. The fourth-order valence-electron chi connectivity index (χ4n) is 1.84. The van der Waals surface area contributed by atoms with E-state index >= 15 is 0 Å². The average molecular weight is 215 g/mol. The lowest BCUT2D eigenvalue weighted by Crippen LogP contribution is -2.38. The molecule has 0 aromatic rings. The molecule has 0 spiro atoms. The first-order valence-electron chi connectivity index (χ1n) is 5.25. The van der Waals surface area contributed by atoms with Gasteiger partial charge < -0.3 is 14.4 Å². The third-order valence-corrected chi connectivity index (χ3v) is 2.75. The largest absolute Gasteiger partial charge is 0.377 e. The van der Waals surface area contributed by atoms with E-state index in [0.717, 1.165) is 0 Å². The van der Waals surface area contributed by atoms with Crippen molar-refractivity contribution in [3.63, 3.8) is 0 Å². The van der Waals surface area contributed by atoms with Gasteiger partial charge in [-0.05, 0) is 0 Å². The molecule has 1 aliphatic heterocycles. The number of nitrogens with zero attached hydrogens (tertiary/aromatic N) is 1. The van der Waals surface area contributed by atoms with Crippen LogP contribution in [0.5, 0.6) is 0 Å². The van der Waals surface area contributed by atoms with Crippen LogP contribution in [0.25, 0.3) is 0 Å². The first-order valence-corrected chi connectivity index (χ1v) is 5.25. The summed E-state index contributed by atoms with van der Waals surface area (Å²) in [5, 5.41) is 0. The topological polar surface area (TPSA) is 38.8 Å². The molecule has 1 fully saturated rings. The summed E-state index contributed by atoms with van der Waals surface area (Å²) >= 11 is 0. The number of ether oxygens (including phenoxy) is 2. The van der Waals surface area contributed by atoms with Gasteiger partial charge >= 0.3 is 0 Å². The van der Waals surface area contributed by atoms with E-state index in [4.69, 9.17) is 9.47 Å². The smallest absolute Gasteiger partial charge is 0.228 e. The fourth-order valence-corrected chi connectivity index (χ4v) is 1.84. The highest BCUT2D eigenvalue weighted by Gasteiger charge is 2.38. The van der Waals surface area contributed by atoms with Crippen molar-refractivity contribution < 1.29 is 14.3 Å². The van der Waals surface area contributed by atoms with Gasteiger partial charge in [-0.25, -0.2) is 0 Å². The molecule has 88 valence electrons. The van der Waals surface area contributed by atoms with Gasteiger partial charge in [0.15, 0.2) is 0 Å². The Labute approximate surface area is 91.5 Å². The van der Waals surface area contributed by atoms with Crippen LogP contribution in [0, 0.1) is 5.41 Å². The number of rotatable bonds is 2. The molecule has 15 heavy (non-hydrogen) atoms. The second kappa shape index (κ2) is 4.49. The summed E-state index contributed by atoms with van der Waals surface area (Å²) in [5.74, 6) is 0.157. The zero-order chi connectivity index (χ0) is 11.6. The van der Waals surface area contributed by atoms with Crippen LogP contribution in [-0.2, 0) is 14.3 Å². The van der Waals surface area contributed by atoms with E-state index < -0.39 is 0 Å². The summed E-state index contributed by atoms with van der Waals surface area (Å²) in [5.41, 5.74) is -0.332. The summed E-state index contributed by atoms with van der Waals surface area (Å²) in [7, 11) is 3.31.